The molecule has 1 aliphatic rings. The number of halogens is 4. The topological polar surface area (TPSA) is 36.4 Å². The summed E-state index contributed by atoms with van der Waals surface area (Å²) in [5.41, 5.74) is 0.942. The molecule has 0 saturated heterocycles. The Labute approximate surface area is 170 Å². The van der Waals surface area contributed by atoms with Crippen LogP contribution in [0.15, 0.2) is 60.1 Å². The number of amides is 2. The Morgan fingerprint density at radius 1 is 1.24 bits per heavy atom. The number of carbonyl (C=O) groups is 1. The summed E-state index contributed by atoms with van der Waals surface area (Å²) in [5.74, 6) is 0. The van der Waals surface area contributed by atoms with Gasteiger partial charge in [0.2, 0.25) is 0 Å². The third-order valence-electron chi connectivity index (χ3n) is 4.44. The summed E-state index contributed by atoms with van der Waals surface area (Å²) >= 11 is 6.26. The van der Waals surface area contributed by atoms with Gasteiger partial charge in [-0.25, -0.2) is 14.7 Å². The van der Waals surface area contributed by atoms with Gasteiger partial charge in [0.25, 0.3) is 0 Å². The second-order valence-corrected chi connectivity index (χ2v) is 6.46. The van der Waals surface area contributed by atoms with E-state index in [9.17, 15) is 18.0 Å². The minimum absolute atomic E-state index is 0.0373. The Bertz CT molecular complexity index is 1080. The van der Waals surface area contributed by atoms with Crippen molar-refractivity contribution < 1.29 is 18.0 Å². The maximum Gasteiger partial charge on any atom is 0.416 e. The zero-order chi connectivity index (χ0) is 21.3. The van der Waals surface area contributed by atoms with E-state index in [0.717, 1.165) is 21.9 Å². The monoisotopic (exact) mass is 417 g/mol. The van der Waals surface area contributed by atoms with Gasteiger partial charge in [-0.2, -0.15) is 13.2 Å². The molecule has 2 heterocycles. The molecule has 0 bridgehead atoms. The molecule has 0 radical (unpaired) electrons. The van der Waals surface area contributed by atoms with Crippen molar-refractivity contribution in [3.8, 4) is 12.5 Å². The molecule has 0 unspecified atom stereocenters. The molecule has 0 atom stereocenters. The highest BCUT2D eigenvalue weighted by Gasteiger charge is 2.37. The van der Waals surface area contributed by atoms with Gasteiger partial charge in [-0.1, -0.05) is 30.2 Å². The van der Waals surface area contributed by atoms with Crippen LogP contribution in [-0.2, 0) is 6.18 Å². The number of benzene rings is 1. The Kier molecular flexibility index (Phi) is 5.40. The van der Waals surface area contributed by atoms with Gasteiger partial charge in [0, 0.05) is 29.1 Å². The average Bonchev–Trinajstić information content (AvgIpc) is 2.68. The molecule has 2 aromatic rings. The molecule has 148 valence electrons. The molecule has 0 saturated carbocycles. The van der Waals surface area contributed by atoms with Gasteiger partial charge in [-0.15, -0.1) is 0 Å². The number of terminal acetylenes is 1. The summed E-state index contributed by atoms with van der Waals surface area (Å²) in [4.78, 5) is 19.3. The van der Waals surface area contributed by atoms with Gasteiger partial charge < -0.3 is 0 Å². The van der Waals surface area contributed by atoms with E-state index >= 15 is 0 Å². The minimum atomic E-state index is -4.55. The minimum Gasteiger partial charge on any atom is -0.265 e. The van der Waals surface area contributed by atoms with Crippen LogP contribution in [0, 0.1) is 12.5 Å². The van der Waals surface area contributed by atoms with Crippen LogP contribution in [0.2, 0.25) is 5.15 Å². The van der Waals surface area contributed by atoms with Crippen molar-refractivity contribution in [2.75, 3.05) is 4.90 Å². The largest absolute Gasteiger partial charge is 0.416 e. The maximum absolute atomic E-state index is 13.2. The molecule has 3 rings (SSSR count). The van der Waals surface area contributed by atoms with Gasteiger partial charge in [0.05, 0.1) is 16.9 Å². The van der Waals surface area contributed by atoms with E-state index in [1.54, 1.807) is 32.1 Å². The third kappa shape index (κ3) is 3.59. The fraction of sp³-hybridized carbons (Fsp3) is 0.143. The molecule has 0 N–H and O–H groups in total. The summed E-state index contributed by atoms with van der Waals surface area (Å²) in [6, 6.07) is 9.48. The van der Waals surface area contributed by atoms with Crippen molar-refractivity contribution in [1.82, 2.24) is 9.88 Å². The molecule has 1 aliphatic heterocycles. The Balaban J connectivity index is 2.30. The highest BCUT2D eigenvalue weighted by Crippen LogP contribution is 2.41. The van der Waals surface area contributed by atoms with Crippen LogP contribution in [0.25, 0.3) is 5.57 Å². The van der Waals surface area contributed by atoms with Crippen molar-refractivity contribution in [3.63, 3.8) is 0 Å². The number of aromatic nitrogens is 1. The van der Waals surface area contributed by atoms with Crippen molar-refractivity contribution in [2.24, 2.45) is 0 Å². The standard InChI is InChI=1S/C21H15ClF3N3O/c1-4-17-18(16-10-7-11-26-19(16)22)13(3)28(20(29)27(17)5-2)15-9-6-8-14(12-15)21(23,24)25/h2,4,6-12H,1,3H3. The number of allylic oxidation sites excluding steroid dienone is 3. The number of pyridine rings is 1. The first-order valence-corrected chi connectivity index (χ1v) is 8.84. The van der Waals surface area contributed by atoms with Crippen molar-refractivity contribution in [3.05, 3.63) is 76.3 Å². The number of anilines is 1. The van der Waals surface area contributed by atoms with E-state index in [1.807, 2.05) is 0 Å². The number of hydrogen-bond acceptors (Lipinski definition) is 2. The molecule has 1 aromatic carbocycles. The van der Waals surface area contributed by atoms with Crippen LogP contribution in [0.4, 0.5) is 23.7 Å². The lowest BCUT2D eigenvalue weighted by molar-refractivity contribution is -0.137. The quantitative estimate of drug-likeness (QED) is 0.449. The molecule has 29 heavy (non-hydrogen) atoms. The van der Waals surface area contributed by atoms with Gasteiger partial charge in [0.15, 0.2) is 0 Å². The Hall–Kier alpha value is -3.24. The van der Waals surface area contributed by atoms with Crippen molar-refractivity contribution in [1.29, 1.82) is 0 Å². The van der Waals surface area contributed by atoms with E-state index in [2.05, 4.69) is 11.0 Å². The highest BCUT2D eigenvalue weighted by atomic mass is 35.5. The zero-order valence-electron chi connectivity index (χ0n) is 15.5. The van der Waals surface area contributed by atoms with E-state index in [4.69, 9.17) is 18.0 Å². The molecular formula is C21H15ClF3N3O. The molecule has 4 nitrogen and oxygen atoms in total. The molecule has 0 fully saturated rings. The van der Waals surface area contributed by atoms with Crippen LogP contribution >= 0.6 is 11.6 Å². The van der Waals surface area contributed by atoms with E-state index in [1.165, 1.54) is 18.3 Å². The fourth-order valence-corrected chi connectivity index (χ4v) is 3.40. The van der Waals surface area contributed by atoms with Crippen LogP contribution in [0.3, 0.4) is 0 Å². The summed E-state index contributed by atoms with van der Waals surface area (Å²) in [6.45, 7) is 3.32. The molecule has 2 amide bonds. The fourth-order valence-electron chi connectivity index (χ4n) is 3.18. The lowest BCUT2D eigenvalue weighted by Gasteiger charge is -2.37. The SMILES string of the molecule is C#CN1C(=O)N(c2cccc(C(F)(F)F)c2)C(C)=C(c2cccnc2Cl)C1=CC. The number of rotatable bonds is 2. The number of nitrogens with zero attached hydrogens (tertiary/aromatic N) is 3. The first kappa shape index (κ1) is 20.5. The molecular weight excluding hydrogens is 403 g/mol. The van der Waals surface area contributed by atoms with Crippen LogP contribution in [-0.4, -0.2) is 15.9 Å². The van der Waals surface area contributed by atoms with Crippen molar-refractivity contribution >= 4 is 28.9 Å². The Morgan fingerprint density at radius 2 is 1.97 bits per heavy atom. The summed E-state index contributed by atoms with van der Waals surface area (Å²) in [7, 11) is 0. The number of alkyl halides is 3. The lowest BCUT2D eigenvalue weighted by atomic mass is 9.98. The normalized spacial score (nSPS) is 16.4. The molecule has 0 aliphatic carbocycles. The van der Waals surface area contributed by atoms with Crippen LogP contribution in [0.1, 0.15) is 25.0 Å². The number of carbonyl (C=O) groups excluding carboxylic acids is 1. The van der Waals surface area contributed by atoms with Crippen LogP contribution < -0.4 is 4.90 Å². The van der Waals surface area contributed by atoms with Gasteiger partial charge in [0.1, 0.15) is 5.15 Å². The van der Waals surface area contributed by atoms with E-state index in [-0.39, 0.29) is 10.8 Å². The van der Waals surface area contributed by atoms with Crippen LogP contribution in [0.5, 0.6) is 0 Å². The summed E-state index contributed by atoms with van der Waals surface area (Å²) in [6.07, 6.45) is 4.16. The second kappa shape index (κ2) is 7.64. The third-order valence-corrected chi connectivity index (χ3v) is 4.74. The molecule has 0 spiro atoms. The van der Waals surface area contributed by atoms with Gasteiger partial charge >= 0.3 is 12.2 Å². The van der Waals surface area contributed by atoms with Gasteiger partial charge in [-0.05, 0) is 44.2 Å². The Morgan fingerprint density at radius 3 is 2.55 bits per heavy atom. The summed E-state index contributed by atoms with van der Waals surface area (Å²) < 4.78 is 39.6. The maximum atomic E-state index is 13.2. The first-order chi connectivity index (χ1) is 13.7. The average molecular weight is 418 g/mol. The van der Waals surface area contributed by atoms with E-state index < -0.39 is 17.8 Å². The number of urea groups is 1. The van der Waals surface area contributed by atoms with Gasteiger partial charge in [-0.3, -0.25) is 4.90 Å². The van der Waals surface area contributed by atoms with E-state index in [0.29, 0.717) is 22.5 Å². The first-order valence-electron chi connectivity index (χ1n) is 8.46. The molecule has 8 heteroatoms. The predicted octanol–water partition coefficient (Wildman–Crippen LogP) is 5.92. The van der Waals surface area contributed by atoms with Crippen molar-refractivity contribution in [2.45, 2.75) is 20.0 Å². The lowest BCUT2D eigenvalue weighted by Crippen LogP contribution is -2.44. The highest BCUT2D eigenvalue weighted by molar-refractivity contribution is 6.31. The summed E-state index contributed by atoms with van der Waals surface area (Å²) in [5, 5.41) is 0.177. The predicted molar refractivity (Wildman–Crippen MR) is 106 cm³/mol. The molecule has 1 aromatic heterocycles. The second-order valence-electron chi connectivity index (χ2n) is 6.11. The zero-order valence-corrected chi connectivity index (χ0v) is 16.2. The number of hydrogen-bond donors (Lipinski definition) is 0. The smallest absolute Gasteiger partial charge is 0.265 e.